The van der Waals surface area contributed by atoms with E-state index in [1.54, 1.807) is 0 Å². The molecule has 0 fully saturated rings. The van der Waals surface area contributed by atoms with Crippen LogP contribution < -0.4 is 5.73 Å². The Hall–Kier alpha value is -1.15. The Bertz CT molecular complexity index is 443. The highest BCUT2D eigenvalue weighted by molar-refractivity contribution is 5.02. The molecule has 8 heteroatoms. The van der Waals surface area contributed by atoms with Crippen LogP contribution in [-0.4, -0.2) is 38.8 Å². The van der Waals surface area contributed by atoms with Gasteiger partial charge in [-0.2, -0.15) is 13.2 Å². The summed E-state index contributed by atoms with van der Waals surface area (Å²) in [5.74, 6) is -0.525. The number of hydrogen-bond donors (Lipinski definition) is 1. The zero-order valence-electron chi connectivity index (χ0n) is 11.5. The first-order valence-electron chi connectivity index (χ1n) is 6.90. The number of halogens is 3. The van der Waals surface area contributed by atoms with Crippen LogP contribution in [0, 0.1) is 0 Å². The van der Waals surface area contributed by atoms with Gasteiger partial charge >= 0.3 is 6.18 Å². The van der Waals surface area contributed by atoms with Crippen LogP contribution in [0.15, 0.2) is 0 Å². The van der Waals surface area contributed by atoms with E-state index in [-0.39, 0.29) is 12.6 Å². The Morgan fingerprint density at radius 1 is 1.30 bits per heavy atom. The van der Waals surface area contributed by atoms with Gasteiger partial charge in [-0.25, -0.2) is 0 Å². The second-order valence-corrected chi connectivity index (χ2v) is 5.09. The van der Waals surface area contributed by atoms with Crippen LogP contribution in [0.4, 0.5) is 13.2 Å². The fourth-order valence-electron chi connectivity index (χ4n) is 2.59. The molecule has 114 valence electrons. The molecule has 1 atom stereocenters. The molecule has 2 N–H and O–H groups in total. The summed E-state index contributed by atoms with van der Waals surface area (Å²) in [6.07, 6.45) is -1.33. The minimum absolute atomic E-state index is 0.203. The Morgan fingerprint density at radius 3 is 2.65 bits per heavy atom. The molecular weight excluding hydrogens is 271 g/mol. The molecule has 1 aliphatic rings. The minimum atomic E-state index is -4.44. The van der Waals surface area contributed by atoms with Crippen molar-refractivity contribution in [2.75, 3.05) is 13.1 Å². The normalized spacial score (nSPS) is 18.1. The maximum atomic E-state index is 12.7. The van der Waals surface area contributed by atoms with Gasteiger partial charge in [0, 0.05) is 25.7 Å². The lowest BCUT2D eigenvalue weighted by Crippen LogP contribution is -2.45. The fourth-order valence-corrected chi connectivity index (χ4v) is 2.59. The minimum Gasteiger partial charge on any atom is -0.329 e. The highest BCUT2D eigenvalue weighted by atomic mass is 19.4. The van der Waals surface area contributed by atoms with Crippen molar-refractivity contribution >= 4 is 0 Å². The van der Waals surface area contributed by atoms with E-state index in [1.165, 1.54) is 4.57 Å². The van der Waals surface area contributed by atoms with Gasteiger partial charge in [-0.1, -0.05) is 19.8 Å². The summed E-state index contributed by atoms with van der Waals surface area (Å²) in [6.45, 7) is 3.82. The summed E-state index contributed by atoms with van der Waals surface area (Å²) >= 11 is 0. The highest BCUT2D eigenvalue weighted by Crippen LogP contribution is 2.29. The molecular formula is C12H20F3N5. The third kappa shape index (κ3) is 3.12. The summed E-state index contributed by atoms with van der Waals surface area (Å²) in [5.41, 5.74) is 5.77. The van der Waals surface area contributed by atoms with E-state index in [9.17, 15) is 13.2 Å². The van der Waals surface area contributed by atoms with Crippen LogP contribution in [0.3, 0.4) is 0 Å². The maximum absolute atomic E-state index is 12.7. The quantitative estimate of drug-likeness (QED) is 0.896. The molecule has 2 rings (SSSR count). The maximum Gasteiger partial charge on any atom is 0.451 e. The second kappa shape index (κ2) is 6.09. The average Bonchev–Trinajstić information content (AvgIpc) is 2.82. The molecule has 1 aromatic heterocycles. The van der Waals surface area contributed by atoms with Gasteiger partial charge in [0.1, 0.15) is 5.82 Å². The topological polar surface area (TPSA) is 60.0 Å². The number of nitrogens with zero attached hydrogens (tertiary/aromatic N) is 4. The first-order valence-corrected chi connectivity index (χ1v) is 6.90. The predicted octanol–water partition coefficient (Wildman–Crippen LogP) is 1.63. The molecule has 1 aliphatic heterocycles. The van der Waals surface area contributed by atoms with Crippen molar-refractivity contribution in [3.05, 3.63) is 11.6 Å². The Kier molecular flexibility index (Phi) is 4.64. The second-order valence-electron chi connectivity index (χ2n) is 5.09. The molecule has 1 aromatic rings. The molecule has 2 heterocycles. The van der Waals surface area contributed by atoms with E-state index >= 15 is 0 Å². The molecule has 0 saturated heterocycles. The lowest BCUT2D eigenvalue weighted by atomic mass is 10.1. The van der Waals surface area contributed by atoms with Crippen molar-refractivity contribution in [3.8, 4) is 0 Å². The van der Waals surface area contributed by atoms with Gasteiger partial charge in [0.25, 0.3) is 0 Å². The molecule has 5 nitrogen and oxygen atoms in total. The highest BCUT2D eigenvalue weighted by Gasteiger charge is 2.39. The first kappa shape index (κ1) is 15.2. The lowest BCUT2D eigenvalue weighted by molar-refractivity contribution is -0.148. The third-order valence-corrected chi connectivity index (χ3v) is 3.72. The Labute approximate surface area is 115 Å². The number of unbranched alkanes of at least 4 members (excludes halogenated alkanes) is 1. The van der Waals surface area contributed by atoms with Gasteiger partial charge < -0.3 is 10.3 Å². The molecule has 0 bridgehead atoms. The van der Waals surface area contributed by atoms with Gasteiger partial charge in [0.15, 0.2) is 0 Å². The van der Waals surface area contributed by atoms with Crippen LogP contribution in [0.1, 0.15) is 37.8 Å². The fraction of sp³-hybridized carbons (Fsp3) is 0.833. The zero-order valence-corrected chi connectivity index (χ0v) is 11.5. The smallest absolute Gasteiger partial charge is 0.329 e. The Balaban J connectivity index is 2.10. The molecule has 0 spiro atoms. The molecule has 1 unspecified atom stereocenters. The van der Waals surface area contributed by atoms with Gasteiger partial charge in [-0.05, 0) is 6.42 Å². The summed E-state index contributed by atoms with van der Waals surface area (Å²) < 4.78 is 39.4. The molecule has 0 amide bonds. The van der Waals surface area contributed by atoms with E-state index in [1.807, 2.05) is 0 Å². The summed E-state index contributed by atoms with van der Waals surface area (Å²) in [4.78, 5) is 2.11. The summed E-state index contributed by atoms with van der Waals surface area (Å²) in [5, 5.41) is 6.96. The van der Waals surface area contributed by atoms with Crippen molar-refractivity contribution in [1.29, 1.82) is 0 Å². The monoisotopic (exact) mass is 291 g/mol. The number of rotatable bonds is 5. The number of hydrogen-bond acceptors (Lipinski definition) is 4. The standard InChI is InChI=1S/C12H20F3N5/c1-2-3-4-9(7-16)19-5-6-20-10(8-19)17-18-11(20)12(13,14)15/h9H,2-8,16H2,1H3. The molecule has 0 radical (unpaired) electrons. The number of nitrogens with two attached hydrogens (primary N) is 1. The van der Waals surface area contributed by atoms with Crippen molar-refractivity contribution in [1.82, 2.24) is 19.7 Å². The van der Waals surface area contributed by atoms with Crippen LogP contribution in [-0.2, 0) is 19.3 Å². The van der Waals surface area contributed by atoms with Crippen LogP contribution >= 0.6 is 0 Å². The van der Waals surface area contributed by atoms with Crippen molar-refractivity contribution in [3.63, 3.8) is 0 Å². The number of alkyl halides is 3. The number of fused-ring (bicyclic) bond motifs is 1. The van der Waals surface area contributed by atoms with Crippen molar-refractivity contribution in [2.24, 2.45) is 5.73 Å². The van der Waals surface area contributed by atoms with E-state index in [0.717, 1.165) is 19.3 Å². The first-order chi connectivity index (χ1) is 9.47. The summed E-state index contributed by atoms with van der Waals surface area (Å²) in [7, 11) is 0. The summed E-state index contributed by atoms with van der Waals surface area (Å²) in [6, 6.07) is 0.203. The van der Waals surface area contributed by atoms with Gasteiger partial charge in [0.2, 0.25) is 5.82 Å². The largest absolute Gasteiger partial charge is 0.451 e. The van der Waals surface area contributed by atoms with Crippen LogP contribution in [0.25, 0.3) is 0 Å². The SMILES string of the molecule is CCCCC(CN)N1CCn2c(nnc2C(F)(F)F)C1. The number of aromatic nitrogens is 3. The third-order valence-electron chi connectivity index (χ3n) is 3.72. The van der Waals surface area contributed by atoms with Crippen molar-refractivity contribution in [2.45, 2.75) is 51.5 Å². The molecule has 0 aliphatic carbocycles. The van der Waals surface area contributed by atoms with E-state index < -0.39 is 12.0 Å². The Morgan fingerprint density at radius 2 is 2.05 bits per heavy atom. The lowest BCUT2D eigenvalue weighted by Gasteiger charge is -2.34. The molecule has 20 heavy (non-hydrogen) atoms. The molecule has 0 saturated carbocycles. The van der Waals surface area contributed by atoms with E-state index in [0.29, 0.717) is 25.5 Å². The van der Waals surface area contributed by atoms with Gasteiger partial charge in [-0.3, -0.25) is 4.90 Å². The van der Waals surface area contributed by atoms with Gasteiger partial charge in [0.05, 0.1) is 6.54 Å². The molecule has 0 aromatic carbocycles. The van der Waals surface area contributed by atoms with E-state index in [2.05, 4.69) is 22.0 Å². The van der Waals surface area contributed by atoms with Gasteiger partial charge in [-0.15, -0.1) is 10.2 Å². The predicted molar refractivity (Wildman–Crippen MR) is 67.8 cm³/mol. The average molecular weight is 291 g/mol. The van der Waals surface area contributed by atoms with E-state index in [4.69, 9.17) is 5.73 Å². The van der Waals surface area contributed by atoms with Crippen LogP contribution in [0.2, 0.25) is 0 Å². The zero-order chi connectivity index (χ0) is 14.8. The van der Waals surface area contributed by atoms with Crippen LogP contribution in [0.5, 0.6) is 0 Å². The van der Waals surface area contributed by atoms with Crippen molar-refractivity contribution < 1.29 is 13.2 Å².